The number of thioether (sulfide) groups is 1. The third-order valence-electron chi connectivity index (χ3n) is 4.37. The maximum absolute atomic E-state index is 12.5. The smallest absolute Gasteiger partial charge is 0.233 e. The molecule has 2 bridgehead atoms. The van der Waals surface area contributed by atoms with Gasteiger partial charge in [0.1, 0.15) is 5.82 Å². The number of aromatic nitrogens is 3. The molecule has 1 aromatic rings. The normalized spacial score (nSPS) is 25.6. The quantitative estimate of drug-likeness (QED) is 0.765. The molecule has 3 fully saturated rings. The molecule has 3 aliphatic rings. The minimum absolute atomic E-state index is 0.0227. The predicted octanol–water partition coefficient (Wildman–Crippen LogP) is 0.0876. The Morgan fingerprint density at radius 2 is 2.13 bits per heavy atom. The Hall–Kier alpha value is -1.13. The summed E-state index contributed by atoms with van der Waals surface area (Å²) < 4.78 is 25.2. The molecule has 128 valence electrons. The zero-order valence-electron chi connectivity index (χ0n) is 13.2. The van der Waals surface area contributed by atoms with Gasteiger partial charge in [-0.1, -0.05) is 11.8 Å². The van der Waals surface area contributed by atoms with Crippen molar-refractivity contribution in [3.05, 3.63) is 5.82 Å². The van der Waals surface area contributed by atoms with Gasteiger partial charge in [-0.2, -0.15) is 4.31 Å². The summed E-state index contributed by atoms with van der Waals surface area (Å²) in [5.41, 5.74) is 0. The molecular formula is C13H21N5O3S2. The van der Waals surface area contributed by atoms with Crippen molar-refractivity contribution in [3.8, 4) is 0 Å². The van der Waals surface area contributed by atoms with Gasteiger partial charge < -0.3 is 4.90 Å². The van der Waals surface area contributed by atoms with Gasteiger partial charge in [-0.25, -0.2) is 13.4 Å². The molecule has 8 nitrogen and oxygen atoms in total. The lowest BCUT2D eigenvalue weighted by atomic mass is 9.95. The van der Waals surface area contributed by atoms with Crippen molar-refractivity contribution < 1.29 is 13.2 Å². The number of hydrogen-bond donors (Lipinski definition) is 1. The second-order valence-corrected chi connectivity index (χ2v) is 9.14. The molecule has 3 aliphatic heterocycles. The van der Waals surface area contributed by atoms with Gasteiger partial charge in [0.25, 0.3) is 0 Å². The molecule has 4 heterocycles. The summed E-state index contributed by atoms with van der Waals surface area (Å²) in [6.45, 7) is 3.38. The Morgan fingerprint density at radius 3 is 2.78 bits per heavy atom. The maximum Gasteiger partial charge on any atom is 0.233 e. The highest BCUT2D eigenvalue weighted by molar-refractivity contribution is 7.99. The Bertz CT molecular complexity index is 690. The van der Waals surface area contributed by atoms with Crippen molar-refractivity contribution >= 4 is 27.7 Å². The van der Waals surface area contributed by atoms with Crippen LogP contribution in [0, 0.1) is 12.8 Å². The number of piperidine rings is 1. The Labute approximate surface area is 140 Å². The fourth-order valence-corrected chi connectivity index (χ4v) is 4.87. The molecule has 1 aromatic heterocycles. The van der Waals surface area contributed by atoms with Gasteiger partial charge in [-0.05, 0) is 25.7 Å². The van der Waals surface area contributed by atoms with Gasteiger partial charge in [0.2, 0.25) is 21.1 Å². The molecule has 4 rings (SSSR count). The van der Waals surface area contributed by atoms with Crippen LogP contribution in [-0.2, 0) is 14.8 Å². The number of nitrogens with zero attached hydrogens (tertiary/aromatic N) is 4. The van der Waals surface area contributed by atoms with Gasteiger partial charge >= 0.3 is 0 Å². The van der Waals surface area contributed by atoms with Crippen molar-refractivity contribution in [2.24, 2.45) is 5.92 Å². The van der Waals surface area contributed by atoms with E-state index in [1.54, 1.807) is 0 Å². The van der Waals surface area contributed by atoms with Crippen LogP contribution in [0.25, 0.3) is 0 Å². The van der Waals surface area contributed by atoms with Gasteiger partial charge in [0, 0.05) is 25.7 Å². The second-order valence-electron chi connectivity index (χ2n) is 6.22. The first-order chi connectivity index (χ1) is 10.8. The van der Waals surface area contributed by atoms with Crippen molar-refractivity contribution in [3.63, 3.8) is 0 Å². The van der Waals surface area contributed by atoms with Crippen molar-refractivity contribution in [1.29, 1.82) is 0 Å². The Kier molecular flexibility index (Phi) is 4.65. The summed E-state index contributed by atoms with van der Waals surface area (Å²) in [5, 5.41) is 7.33. The average Bonchev–Trinajstić information content (AvgIpc) is 2.71. The molecular weight excluding hydrogens is 338 g/mol. The monoisotopic (exact) mass is 359 g/mol. The highest BCUT2D eigenvalue weighted by Gasteiger charge is 2.39. The average molecular weight is 359 g/mol. The highest BCUT2D eigenvalue weighted by atomic mass is 32.2. The number of amides is 1. The fourth-order valence-electron chi connectivity index (χ4n) is 3.21. The highest BCUT2D eigenvalue weighted by Crippen LogP contribution is 2.29. The van der Waals surface area contributed by atoms with Crippen LogP contribution in [0.3, 0.4) is 0 Å². The SMILES string of the molecule is Cc1nc(SCC(=O)N2C[C@H]3CC[C@@H]2CN(S(C)(=O)=O)C3)n[nH]1. The van der Waals surface area contributed by atoms with Crippen molar-refractivity contribution in [2.75, 3.05) is 31.6 Å². The molecule has 3 saturated heterocycles. The number of rotatable bonds is 4. The van der Waals surface area contributed by atoms with Crippen LogP contribution in [0.2, 0.25) is 0 Å². The first-order valence-corrected chi connectivity index (χ1v) is 10.4. The van der Waals surface area contributed by atoms with E-state index in [0.29, 0.717) is 24.8 Å². The number of hydrogen-bond acceptors (Lipinski definition) is 6. The van der Waals surface area contributed by atoms with E-state index in [1.807, 2.05) is 11.8 Å². The van der Waals surface area contributed by atoms with Crippen LogP contribution in [0.5, 0.6) is 0 Å². The minimum atomic E-state index is -3.21. The summed E-state index contributed by atoms with van der Waals surface area (Å²) in [5.74, 6) is 1.25. The first kappa shape index (κ1) is 16.7. The van der Waals surface area contributed by atoms with E-state index < -0.39 is 10.0 Å². The topological polar surface area (TPSA) is 99.3 Å². The van der Waals surface area contributed by atoms with Gasteiger partial charge in [-0.15, -0.1) is 5.10 Å². The van der Waals surface area contributed by atoms with Crippen LogP contribution >= 0.6 is 11.8 Å². The predicted molar refractivity (Wildman–Crippen MR) is 86.5 cm³/mol. The summed E-state index contributed by atoms with van der Waals surface area (Å²) >= 11 is 1.31. The van der Waals surface area contributed by atoms with E-state index in [-0.39, 0.29) is 23.6 Å². The number of nitrogens with one attached hydrogen (secondary N) is 1. The number of H-pyrrole nitrogens is 1. The summed E-state index contributed by atoms with van der Waals surface area (Å²) in [6.07, 6.45) is 3.09. The van der Waals surface area contributed by atoms with Crippen LogP contribution in [0.15, 0.2) is 5.16 Å². The molecule has 0 unspecified atom stereocenters. The minimum Gasteiger partial charge on any atom is -0.337 e. The third kappa shape index (κ3) is 3.86. The van der Waals surface area contributed by atoms with Gasteiger partial charge in [-0.3, -0.25) is 9.89 Å². The number of carbonyl (C=O) groups is 1. The standard InChI is InChI=1S/C13H21N5O3S2/c1-9-14-13(16-15-9)22-8-12(19)18-6-10-3-4-11(18)7-17(5-10)23(2,20)21/h10-11H,3-8H2,1-2H3,(H,14,15,16)/t10-,11+/m0/s1. The Balaban J connectivity index is 1.65. The summed E-state index contributed by atoms with van der Waals surface area (Å²) in [6, 6.07) is -0.0227. The van der Waals surface area contributed by atoms with E-state index in [2.05, 4.69) is 15.2 Å². The molecule has 0 aromatic carbocycles. The lowest BCUT2D eigenvalue weighted by Crippen LogP contribution is -2.48. The lowest BCUT2D eigenvalue weighted by molar-refractivity contribution is -0.132. The molecule has 1 N–H and O–H groups in total. The zero-order chi connectivity index (χ0) is 16.6. The summed E-state index contributed by atoms with van der Waals surface area (Å²) in [4.78, 5) is 18.6. The number of sulfonamides is 1. The number of aromatic amines is 1. The third-order valence-corrected chi connectivity index (χ3v) is 6.44. The zero-order valence-corrected chi connectivity index (χ0v) is 14.9. The van der Waals surface area contributed by atoms with E-state index in [9.17, 15) is 13.2 Å². The van der Waals surface area contributed by atoms with Gasteiger partial charge in [0.05, 0.1) is 12.0 Å². The van der Waals surface area contributed by atoms with Crippen molar-refractivity contribution in [1.82, 2.24) is 24.4 Å². The Morgan fingerprint density at radius 1 is 1.35 bits per heavy atom. The van der Waals surface area contributed by atoms with Gasteiger partial charge in [0.15, 0.2) is 0 Å². The van der Waals surface area contributed by atoms with Crippen LogP contribution in [-0.4, -0.2) is 76.4 Å². The molecule has 0 aliphatic carbocycles. The molecule has 0 spiro atoms. The molecule has 1 amide bonds. The van der Waals surface area contributed by atoms with E-state index in [0.717, 1.165) is 18.7 Å². The molecule has 10 heteroatoms. The van der Waals surface area contributed by atoms with Crippen LogP contribution < -0.4 is 0 Å². The van der Waals surface area contributed by atoms with Crippen molar-refractivity contribution in [2.45, 2.75) is 31.0 Å². The largest absolute Gasteiger partial charge is 0.337 e. The summed E-state index contributed by atoms with van der Waals surface area (Å²) in [7, 11) is -3.21. The number of fused-ring (bicyclic) bond motifs is 4. The second kappa shape index (κ2) is 6.40. The van der Waals surface area contributed by atoms with Crippen LogP contribution in [0.4, 0.5) is 0 Å². The van der Waals surface area contributed by atoms with E-state index >= 15 is 0 Å². The molecule has 2 atom stereocenters. The lowest BCUT2D eigenvalue weighted by Gasteiger charge is -2.36. The molecule has 0 saturated carbocycles. The fraction of sp³-hybridized carbons (Fsp3) is 0.769. The van der Waals surface area contributed by atoms with Crippen LogP contribution in [0.1, 0.15) is 18.7 Å². The number of carbonyl (C=O) groups excluding carboxylic acids is 1. The van der Waals surface area contributed by atoms with E-state index in [4.69, 9.17) is 0 Å². The molecule has 23 heavy (non-hydrogen) atoms. The maximum atomic E-state index is 12.5. The number of aryl methyl sites for hydroxylation is 1. The molecule has 0 radical (unpaired) electrons. The van der Waals surface area contributed by atoms with E-state index in [1.165, 1.54) is 22.3 Å². The first-order valence-electron chi connectivity index (χ1n) is 7.59.